The van der Waals surface area contributed by atoms with Crippen LogP contribution in [0, 0.1) is 6.92 Å². The third kappa shape index (κ3) is 7.16. The molecule has 34 heavy (non-hydrogen) atoms. The molecule has 1 heterocycles. The summed E-state index contributed by atoms with van der Waals surface area (Å²) in [6, 6.07) is 13.8. The Morgan fingerprint density at radius 1 is 1.06 bits per heavy atom. The molecule has 7 nitrogen and oxygen atoms in total. The first kappa shape index (κ1) is 25.5. The van der Waals surface area contributed by atoms with Crippen LogP contribution in [-0.4, -0.2) is 47.4 Å². The highest BCUT2D eigenvalue weighted by Gasteiger charge is 2.14. The number of ether oxygens (including phenoxy) is 1. The molecule has 0 saturated heterocycles. The number of aryl methyl sites for hydroxylation is 1. The molecule has 3 aromatic rings. The molecule has 0 aliphatic rings. The standard InChI is InChI=1S/C25H27N3O4S2/c1-4-28(5-2)24(30)19-7-6-8-20(13-19)27-23(29)14-32-25(31)18-9-11-22(12-10-18)34-16-21-15-33-17(3)26-21/h6-13,15H,4-5,14,16H2,1-3H3,(H,27,29). The number of thioether (sulfide) groups is 1. The normalized spacial score (nSPS) is 10.6. The lowest BCUT2D eigenvalue weighted by atomic mass is 10.1. The average Bonchev–Trinajstić information content (AvgIpc) is 3.27. The second-order valence-corrected chi connectivity index (χ2v) is 9.46. The van der Waals surface area contributed by atoms with Gasteiger partial charge in [-0.3, -0.25) is 9.59 Å². The molecule has 0 bridgehead atoms. The number of carbonyl (C=O) groups is 3. The maximum absolute atomic E-state index is 12.5. The van der Waals surface area contributed by atoms with Crippen molar-refractivity contribution in [1.82, 2.24) is 9.88 Å². The highest BCUT2D eigenvalue weighted by molar-refractivity contribution is 7.98. The second-order valence-electron chi connectivity index (χ2n) is 7.35. The third-order valence-electron chi connectivity index (χ3n) is 4.92. The van der Waals surface area contributed by atoms with Gasteiger partial charge >= 0.3 is 5.97 Å². The van der Waals surface area contributed by atoms with Gasteiger partial charge in [-0.1, -0.05) is 6.07 Å². The molecular formula is C25H27N3O4S2. The molecule has 0 spiro atoms. The fourth-order valence-electron chi connectivity index (χ4n) is 3.15. The SMILES string of the molecule is CCN(CC)C(=O)c1cccc(NC(=O)COC(=O)c2ccc(SCc3csc(C)n3)cc2)c1. The van der Waals surface area contributed by atoms with Crippen LogP contribution < -0.4 is 5.32 Å². The van der Waals surface area contributed by atoms with Crippen LogP contribution in [0.25, 0.3) is 0 Å². The Bertz CT molecular complexity index is 1140. The van der Waals surface area contributed by atoms with Crippen LogP contribution in [-0.2, 0) is 15.3 Å². The highest BCUT2D eigenvalue weighted by atomic mass is 32.2. The number of nitrogens with one attached hydrogen (secondary N) is 1. The summed E-state index contributed by atoms with van der Waals surface area (Å²) >= 11 is 3.26. The molecule has 0 aliphatic carbocycles. The van der Waals surface area contributed by atoms with Gasteiger partial charge in [-0.2, -0.15) is 0 Å². The maximum atomic E-state index is 12.5. The van der Waals surface area contributed by atoms with Crippen LogP contribution in [0.2, 0.25) is 0 Å². The first-order valence-corrected chi connectivity index (χ1v) is 12.8. The van der Waals surface area contributed by atoms with Gasteiger partial charge < -0.3 is 15.0 Å². The van der Waals surface area contributed by atoms with Gasteiger partial charge in [-0.15, -0.1) is 23.1 Å². The van der Waals surface area contributed by atoms with Gasteiger partial charge in [0.25, 0.3) is 11.8 Å². The van der Waals surface area contributed by atoms with Crippen molar-refractivity contribution in [2.75, 3.05) is 25.0 Å². The number of aromatic nitrogens is 1. The topological polar surface area (TPSA) is 88.6 Å². The number of hydrogen-bond acceptors (Lipinski definition) is 7. The van der Waals surface area contributed by atoms with E-state index in [9.17, 15) is 14.4 Å². The van der Waals surface area contributed by atoms with Crippen molar-refractivity contribution < 1.29 is 19.1 Å². The first-order valence-electron chi connectivity index (χ1n) is 10.9. The third-order valence-corrected chi connectivity index (χ3v) is 6.79. The van der Waals surface area contributed by atoms with Crippen molar-refractivity contribution in [3.8, 4) is 0 Å². The summed E-state index contributed by atoms with van der Waals surface area (Å²) in [5.74, 6) is -0.398. The zero-order valence-electron chi connectivity index (χ0n) is 19.4. The summed E-state index contributed by atoms with van der Waals surface area (Å²) in [4.78, 5) is 44.2. The van der Waals surface area contributed by atoms with E-state index in [0.717, 1.165) is 21.3 Å². The van der Waals surface area contributed by atoms with Gasteiger partial charge in [0.15, 0.2) is 6.61 Å². The highest BCUT2D eigenvalue weighted by Crippen LogP contribution is 2.24. The Balaban J connectivity index is 1.48. The summed E-state index contributed by atoms with van der Waals surface area (Å²) < 4.78 is 5.14. The minimum atomic E-state index is -0.577. The predicted octanol–water partition coefficient (Wildman–Crippen LogP) is 5.02. The van der Waals surface area contributed by atoms with Gasteiger partial charge in [0.1, 0.15) is 0 Å². The molecule has 178 valence electrons. The summed E-state index contributed by atoms with van der Waals surface area (Å²) in [5.41, 5.74) is 2.36. The lowest BCUT2D eigenvalue weighted by Crippen LogP contribution is -2.30. The molecule has 0 unspecified atom stereocenters. The number of hydrogen-bond donors (Lipinski definition) is 1. The quantitative estimate of drug-likeness (QED) is 0.313. The molecule has 2 amide bonds. The number of esters is 1. The average molecular weight is 498 g/mol. The van der Waals surface area contributed by atoms with E-state index in [2.05, 4.69) is 10.3 Å². The fraction of sp³-hybridized carbons (Fsp3) is 0.280. The van der Waals surface area contributed by atoms with E-state index < -0.39 is 18.5 Å². The van der Waals surface area contributed by atoms with E-state index >= 15 is 0 Å². The van der Waals surface area contributed by atoms with E-state index in [1.807, 2.05) is 38.3 Å². The Labute approximate surface area is 207 Å². The number of thiazole rings is 1. The van der Waals surface area contributed by atoms with E-state index in [0.29, 0.717) is 29.9 Å². The van der Waals surface area contributed by atoms with Crippen LogP contribution in [0.3, 0.4) is 0 Å². The van der Waals surface area contributed by atoms with E-state index in [4.69, 9.17) is 4.74 Å². The van der Waals surface area contributed by atoms with E-state index in [1.165, 1.54) is 0 Å². The monoisotopic (exact) mass is 497 g/mol. The van der Waals surface area contributed by atoms with Crippen molar-refractivity contribution in [2.24, 2.45) is 0 Å². The van der Waals surface area contributed by atoms with Crippen LogP contribution in [0.15, 0.2) is 58.8 Å². The number of benzene rings is 2. The molecule has 0 aliphatic heterocycles. The summed E-state index contributed by atoms with van der Waals surface area (Å²) in [7, 11) is 0. The van der Waals surface area contributed by atoms with Crippen molar-refractivity contribution in [3.05, 3.63) is 75.7 Å². The van der Waals surface area contributed by atoms with Gasteiger partial charge in [-0.25, -0.2) is 9.78 Å². The van der Waals surface area contributed by atoms with Crippen LogP contribution in [0.5, 0.6) is 0 Å². The zero-order valence-corrected chi connectivity index (χ0v) is 21.0. The summed E-state index contributed by atoms with van der Waals surface area (Å²) in [6.07, 6.45) is 0. The number of rotatable bonds is 10. The zero-order chi connectivity index (χ0) is 24.5. The Kier molecular flexibility index (Phi) is 9.24. The maximum Gasteiger partial charge on any atom is 0.338 e. The molecule has 1 N–H and O–H groups in total. The van der Waals surface area contributed by atoms with Crippen LogP contribution >= 0.6 is 23.1 Å². The molecular weight excluding hydrogens is 470 g/mol. The minimum Gasteiger partial charge on any atom is -0.452 e. The lowest BCUT2D eigenvalue weighted by Gasteiger charge is -2.19. The smallest absolute Gasteiger partial charge is 0.338 e. The Morgan fingerprint density at radius 2 is 1.79 bits per heavy atom. The molecule has 0 radical (unpaired) electrons. The number of anilines is 1. The van der Waals surface area contributed by atoms with E-state index in [-0.39, 0.29) is 5.91 Å². The van der Waals surface area contributed by atoms with Crippen molar-refractivity contribution in [2.45, 2.75) is 31.4 Å². The van der Waals surface area contributed by atoms with Gasteiger partial charge in [0.05, 0.1) is 16.3 Å². The minimum absolute atomic E-state index is 0.101. The van der Waals surface area contributed by atoms with Gasteiger partial charge in [0, 0.05) is 40.4 Å². The fourth-order valence-corrected chi connectivity index (χ4v) is 4.66. The number of nitrogens with zero attached hydrogens (tertiary/aromatic N) is 2. The number of amides is 2. The largest absolute Gasteiger partial charge is 0.452 e. The molecule has 9 heteroatoms. The van der Waals surface area contributed by atoms with E-state index in [1.54, 1.807) is 64.4 Å². The molecule has 1 aromatic heterocycles. The molecule has 0 fully saturated rings. The Hall–Kier alpha value is -3.17. The van der Waals surface area contributed by atoms with Crippen molar-refractivity contribution in [3.63, 3.8) is 0 Å². The predicted molar refractivity (Wildman–Crippen MR) is 135 cm³/mol. The number of carbonyl (C=O) groups excluding carboxylic acids is 3. The molecule has 0 atom stereocenters. The second kappa shape index (κ2) is 12.3. The van der Waals surface area contributed by atoms with Gasteiger partial charge in [-0.05, 0) is 63.2 Å². The first-order chi connectivity index (χ1) is 16.4. The Morgan fingerprint density at radius 3 is 2.44 bits per heavy atom. The molecule has 2 aromatic carbocycles. The van der Waals surface area contributed by atoms with Crippen LogP contribution in [0.4, 0.5) is 5.69 Å². The lowest BCUT2D eigenvalue weighted by molar-refractivity contribution is -0.119. The van der Waals surface area contributed by atoms with Crippen molar-refractivity contribution >= 4 is 46.6 Å². The summed E-state index contributed by atoms with van der Waals surface area (Å²) in [5, 5.41) is 5.75. The van der Waals surface area contributed by atoms with Gasteiger partial charge in [0.2, 0.25) is 0 Å². The molecule has 3 rings (SSSR count). The summed E-state index contributed by atoms with van der Waals surface area (Å²) in [6.45, 7) is 6.59. The van der Waals surface area contributed by atoms with Crippen molar-refractivity contribution in [1.29, 1.82) is 0 Å². The van der Waals surface area contributed by atoms with Crippen LogP contribution in [0.1, 0.15) is 45.3 Å². The molecule has 0 saturated carbocycles.